The molecule has 1 amide bonds. The summed E-state index contributed by atoms with van der Waals surface area (Å²) < 4.78 is 6.03. The minimum absolute atomic E-state index is 0.169. The fraction of sp³-hybridized carbons (Fsp3) is 0.944. The van der Waals surface area contributed by atoms with Gasteiger partial charge in [-0.1, -0.05) is 19.3 Å². The third-order valence-electron chi connectivity index (χ3n) is 5.86. The number of carbonyl (C=O) groups excluding carboxylic acids is 1. The Kier molecular flexibility index (Phi) is 5.29. The van der Waals surface area contributed by atoms with E-state index in [2.05, 4.69) is 10.2 Å². The smallest absolute Gasteiger partial charge is 0.234 e. The maximum atomic E-state index is 12.2. The van der Waals surface area contributed by atoms with Crippen LogP contribution in [0.4, 0.5) is 0 Å². The molecule has 3 fully saturated rings. The number of carbonyl (C=O) groups is 1. The molecular formula is C18H32N2O3. The van der Waals surface area contributed by atoms with Crippen molar-refractivity contribution in [3.63, 3.8) is 0 Å². The molecule has 1 saturated carbocycles. The van der Waals surface area contributed by atoms with Crippen molar-refractivity contribution in [2.24, 2.45) is 0 Å². The highest BCUT2D eigenvalue weighted by Crippen LogP contribution is 2.39. The zero-order chi connectivity index (χ0) is 16.3. The Morgan fingerprint density at radius 3 is 2.57 bits per heavy atom. The van der Waals surface area contributed by atoms with Crippen LogP contribution in [0.3, 0.4) is 0 Å². The number of piperidine rings is 1. The Morgan fingerprint density at radius 1 is 1.22 bits per heavy atom. The van der Waals surface area contributed by atoms with Crippen molar-refractivity contribution in [2.75, 3.05) is 26.2 Å². The van der Waals surface area contributed by atoms with Crippen molar-refractivity contribution in [3.05, 3.63) is 0 Å². The van der Waals surface area contributed by atoms with Crippen LogP contribution in [-0.2, 0) is 9.53 Å². The van der Waals surface area contributed by atoms with Gasteiger partial charge < -0.3 is 15.2 Å². The van der Waals surface area contributed by atoms with Crippen molar-refractivity contribution in [1.29, 1.82) is 0 Å². The molecule has 0 bridgehead atoms. The first-order chi connectivity index (χ1) is 11.0. The minimum atomic E-state index is -0.598. The summed E-state index contributed by atoms with van der Waals surface area (Å²) in [7, 11) is 0. The summed E-state index contributed by atoms with van der Waals surface area (Å²) in [5, 5.41) is 13.5. The monoisotopic (exact) mass is 324 g/mol. The van der Waals surface area contributed by atoms with E-state index in [4.69, 9.17) is 4.74 Å². The second-order valence-electron chi connectivity index (χ2n) is 8.13. The first kappa shape index (κ1) is 17.2. The average Bonchev–Trinajstić information content (AvgIpc) is 2.50. The van der Waals surface area contributed by atoms with Gasteiger partial charge in [-0.2, -0.15) is 0 Å². The lowest BCUT2D eigenvalue weighted by atomic mass is 9.78. The molecule has 0 aromatic rings. The van der Waals surface area contributed by atoms with Crippen molar-refractivity contribution in [2.45, 2.75) is 82.0 Å². The standard InChI is InChI=1S/C18H32N2O3/c1-17(22)9-12-23-18(14-17)7-10-20(11-8-18)13-16(21)19-15-5-3-2-4-6-15/h15,22H,2-14H2,1H3,(H,19,21). The molecule has 2 heterocycles. The molecule has 3 rings (SSSR count). The second kappa shape index (κ2) is 7.08. The number of likely N-dealkylation sites (tertiary alicyclic amines) is 1. The van der Waals surface area contributed by atoms with Crippen molar-refractivity contribution in [3.8, 4) is 0 Å². The second-order valence-corrected chi connectivity index (χ2v) is 8.13. The number of aliphatic hydroxyl groups is 1. The Morgan fingerprint density at radius 2 is 1.91 bits per heavy atom. The van der Waals surface area contributed by atoms with Gasteiger partial charge in [0.15, 0.2) is 0 Å². The molecular weight excluding hydrogens is 292 g/mol. The van der Waals surface area contributed by atoms with Gasteiger partial charge in [0.25, 0.3) is 0 Å². The summed E-state index contributed by atoms with van der Waals surface area (Å²) in [6.07, 6.45) is 9.35. The molecule has 2 saturated heterocycles. The summed E-state index contributed by atoms with van der Waals surface area (Å²) in [6, 6.07) is 0.393. The van der Waals surface area contributed by atoms with E-state index < -0.39 is 5.60 Å². The van der Waals surface area contributed by atoms with Gasteiger partial charge in [-0.05, 0) is 39.0 Å². The highest BCUT2D eigenvalue weighted by molar-refractivity contribution is 5.78. The molecule has 0 aromatic carbocycles. The SMILES string of the molecule is CC1(O)CCOC2(CCN(CC(=O)NC3CCCCC3)CC2)C1. The first-order valence-corrected chi connectivity index (χ1v) is 9.35. The average molecular weight is 324 g/mol. The highest BCUT2D eigenvalue weighted by Gasteiger charge is 2.44. The molecule has 0 radical (unpaired) electrons. The Balaban J connectivity index is 1.43. The van der Waals surface area contributed by atoms with Gasteiger partial charge >= 0.3 is 0 Å². The van der Waals surface area contributed by atoms with Crippen molar-refractivity contribution < 1.29 is 14.6 Å². The van der Waals surface area contributed by atoms with E-state index in [1.807, 2.05) is 6.92 Å². The van der Waals surface area contributed by atoms with Gasteiger partial charge in [0.1, 0.15) is 0 Å². The predicted octanol–water partition coefficient (Wildman–Crippen LogP) is 1.83. The van der Waals surface area contributed by atoms with Crippen LogP contribution >= 0.6 is 0 Å². The van der Waals surface area contributed by atoms with Gasteiger partial charge in [0, 0.05) is 25.6 Å². The largest absolute Gasteiger partial charge is 0.390 e. The third-order valence-corrected chi connectivity index (χ3v) is 5.86. The number of nitrogens with zero attached hydrogens (tertiary/aromatic N) is 1. The molecule has 132 valence electrons. The van der Waals surface area contributed by atoms with Crippen LogP contribution in [-0.4, -0.2) is 59.4 Å². The number of hydrogen-bond donors (Lipinski definition) is 2. The molecule has 2 aliphatic heterocycles. The number of ether oxygens (including phenoxy) is 1. The summed E-state index contributed by atoms with van der Waals surface area (Å²) in [5.41, 5.74) is -0.767. The van der Waals surface area contributed by atoms with Gasteiger partial charge in [0.05, 0.1) is 24.4 Å². The molecule has 23 heavy (non-hydrogen) atoms. The van der Waals surface area contributed by atoms with Crippen LogP contribution in [0.2, 0.25) is 0 Å². The minimum Gasteiger partial charge on any atom is -0.390 e. The molecule has 1 spiro atoms. The maximum Gasteiger partial charge on any atom is 0.234 e. The van der Waals surface area contributed by atoms with Gasteiger partial charge in [-0.15, -0.1) is 0 Å². The number of amides is 1. The molecule has 5 nitrogen and oxygen atoms in total. The molecule has 1 aliphatic carbocycles. The predicted molar refractivity (Wildman–Crippen MR) is 89.2 cm³/mol. The van der Waals surface area contributed by atoms with Crippen LogP contribution in [0.25, 0.3) is 0 Å². The Hall–Kier alpha value is -0.650. The Labute approximate surface area is 139 Å². The number of hydrogen-bond acceptors (Lipinski definition) is 4. The summed E-state index contributed by atoms with van der Waals surface area (Å²) in [4.78, 5) is 14.5. The molecule has 1 atom stereocenters. The molecule has 5 heteroatoms. The van der Waals surface area contributed by atoms with E-state index in [1.54, 1.807) is 0 Å². The Bertz CT molecular complexity index is 410. The van der Waals surface area contributed by atoms with Crippen LogP contribution in [0.1, 0.15) is 64.7 Å². The molecule has 2 N–H and O–H groups in total. The highest BCUT2D eigenvalue weighted by atomic mass is 16.5. The van der Waals surface area contributed by atoms with Crippen molar-refractivity contribution in [1.82, 2.24) is 10.2 Å². The summed E-state index contributed by atoms with van der Waals surface area (Å²) >= 11 is 0. The van der Waals surface area contributed by atoms with E-state index in [1.165, 1.54) is 19.3 Å². The van der Waals surface area contributed by atoms with E-state index in [-0.39, 0.29) is 11.5 Å². The maximum absolute atomic E-state index is 12.2. The quantitative estimate of drug-likeness (QED) is 0.831. The van der Waals surface area contributed by atoms with Gasteiger partial charge in [-0.3, -0.25) is 9.69 Å². The molecule has 0 aromatic heterocycles. The topological polar surface area (TPSA) is 61.8 Å². The lowest BCUT2D eigenvalue weighted by Crippen LogP contribution is -2.54. The lowest BCUT2D eigenvalue weighted by molar-refractivity contribution is -0.173. The lowest BCUT2D eigenvalue weighted by Gasteiger charge is -2.48. The van der Waals surface area contributed by atoms with E-state index in [0.29, 0.717) is 19.2 Å². The van der Waals surface area contributed by atoms with Gasteiger partial charge in [-0.25, -0.2) is 0 Å². The van der Waals surface area contributed by atoms with Crippen molar-refractivity contribution >= 4 is 5.91 Å². The van der Waals surface area contributed by atoms with E-state index >= 15 is 0 Å². The summed E-state index contributed by atoms with van der Waals surface area (Å²) in [6.45, 7) is 4.84. The van der Waals surface area contributed by atoms with E-state index in [9.17, 15) is 9.90 Å². The zero-order valence-corrected chi connectivity index (χ0v) is 14.5. The van der Waals surface area contributed by atoms with Gasteiger partial charge in [0.2, 0.25) is 5.91 Å². The van der Waals surface area contributed by atoms with Crippen LogP contribution in [0.15, 0.2) is 0 Å². The fourth-order valence-electron chi connectivity index (χ4n) is 4.48. The van der Waals surface area contributed by atoms with Crippen LogP contribution in [0.5, 0.6) is 0 Å². The zero-order valence-electron chi connectivity index (χ0n) is 14.5. The first-order valence-electron chi connectivity index (χ1n) is 9.35. The molecule has 1 unspecified atom stereocenters. The fourth-order valence-corrected chi connectivity index (χ4v) is 4.48. The van der Waals surface area contributed by atoms with Crippen LogP contribution < -0.4 is 5.32 Å². The van der Waals surface area contributed by atoms with Crippen LogP contribution in [0, 0.1) is 0 Å². The third kappa shape index (κ3) is 4.68. The summed E-state index contributed by atoms with van der Waals surface area (Å²) in [5.74, 6) is 0.171. The number of rotatable bonds is 3. The normalized spacial score (nSPS) is 32.8. The molecule has 3 aliphatic rings. The number of nitrogens with one attached hydrogen (secondary N) is 1. The van der Waals surface area contributed by atoms with E-state index in [0.717, 1.165) is 51.6 Å².